The molecule has 0 amide bonds. The van der Waals surface area contributed by atoms with Gasteiger partial charge in [0.25, 0.3) is 0 Å². The van der Waals surface area contributed by atoms with E-state index in [-0.39, 0.29) is 0 Å². The molecule has 3 rings (SSSR count). The van der Waals surface area contributed by atoms with Gasteiger partial charge >= 0.3 is 0 Å². The van der Waals surface area contributed by atoms with Crippen molar-refractivity contribution in [2.24, 2.45) is 0 Å². The fraction of sp³-hybridized carbons (Fsp3) is 0.176. The van der Waals surface area contributed by atoms with Gasteiger partial charge in [0.1, 0.15) is 11.3 Å². The second-order valence-electron chi connectivity index (χ2n) is 4.80. The van der Waals surface area contributed by atoms with Crippen LogP contribution in [0.15, 0.2) is 46.9 Å². The number of aryl methyl sites for hydroxylation is 3. The minimum Gasteiger partial charge on any atom is -0.460 e. The molecule has 1 nitrogen and oxygen atoms in total. The maximum Gasteiger partial charge on any atom is 0.138 e. The summed E-state index contributed by atoms with van der Waals surface area (Å²) >= 11 is 0. The molecule has 0 N–H and O–H groups in total. The lowest BCUT2D eigenvalue weighted by atomic mass is 9.98. The van der Waals surface area contributed by atoms with E-state index >= 15 is 0 Å². The maximum absolute atomic E-state index is 5.97. The van der Waals surface area contributed by atoms with Gasteiger partial charge in [-0.15, -0.1) is 0 Å². The van der Waals surface area contributed by atoms with Crippen LogP contribution in [0.5, 0.6) is 0 Å². The molecule has 90 valence electrons. The van der Waals surface area contributed by atoms with Crippen LogP contribution in [0.2, 0.25) is 0 Å². The van der Waals surface area contributed by atoms with Crippen LogP contribution in [0.25, 0.3) is 22.1 Å². The summed E-state index contributed by atoms with van der Waals surface area (Å²) in [5, 5.41) is 1.25. The first-order valence-electron chi connectivity index (χ1n) is 6.23. The minimum atomic E-state index is 0.994. The first-order valence-corrected chi connectivity index (χ1v) is 6.23. The fourth-order valence-corrected chi connectivity index (χ4v) is 2.56. The Hall–Kier alpha value is -2.02. The molecule has 1 heteroatoms. The van der Waals surface area contributed by atoms with Gasteiger partial charge in [-0.25, -0.2) is 0 Å². The zero-order chi connectivity index (χ0) is 12.7. The van der Waals surface area contributed by atoms with Gasteiger partial charge in [-0.1, -0.05) is 42.5 Å². The predicted octanol–water partition coefficient (Wildman–Crippen LogP) is 5.03. The fourth-order valence-electron chi connectivity index (χ4n) is 2.56. The zero-order valence-corrected chi connectivity index (χ0v) is 10.9. The van der Waals surface area contributed by atoms with Crippen LogP contribution in [0.3, 0.4) is 0 Å². The molecule has 0 atom stereocenters. The van der Waals surface area contributed by atoms with Gasteiger partial charge in [-0.05, 0) is 37.5 Å². The van der Waals surface area contributed by atoms with Gasteiger partial charge in [-0.3, -0.25) is 0 Å². The van der Waals surface area contributed by atoms with E-state index in [1.54, 1.807) is 0 Å². The number of furan rings is 1. The van der Waals surface area contributed by atoms with E-state index in [9.17, 15) is 0 Å². The molecule has 1 heterocycles. The Morgan fingerprint density at radius 3 is 2.17 bits per heavy atom. The largest absolute Gasteiger partial charge is 0.460 e. The minimum absolute atomic E-state index is 0.994. The first kappa shape index (κ1) is 11.1. The van der Waals surface area contributed by atoms with Crippen LogP contribution < -0.4 is 0 Å². The molecular formula is C17H16O. The highest BCUT2D eigenvalue weighted by Gasteiger charge is 2.15. The number of fused-ring (bicyclic) bond motifs is 1. The normalized spacial score (nSPS) is 11.1. The van der Waals surface area contributed by atoms with Crippen LogP contribution in [0, 0.1) is 20.8 Å². The summed E-state index contributed by atoms with van der Waals surface area (Å²) in [5.74, 6) is 0.994. The second-order valence-corrected chi connectivity index (χ2v) is 4.80. The quantitative estimate of drug-likeness (QED) is 0.578. The van der Waals surface area contributed by atoms with E-state index in [4.69, 9.17) is 4.42 Å². The highest BCUT2D eigenvalue weighted by molar-refractivity contribution is 5.99. The van der Waals surface area contributed by atoms with Crippen LogP contribution in [0.1, 0.15) is 16.9 Å². The molecular weight excluding hydrogens is 220 g/mol. The summed E-state index contributed by atoms with van der Waals surface area (Å²) in [7, 11) is 0. The van der Waals surface area contributed by atoms with Crippen molar-refractivity contribution in [3.63, 3.8) is 0 Å². The molecule has 0 unspecified atom stereocenters. The van der Waals surface area contributed by atoms with Gasteiger partial charge in [0.2, 0.25) is 0 Å². The molecule has 1 aromatic heterocycles. The molecule has 0 saturated heterocycles. The Bertz CT molecular complexity index is 705. The average molecular weight is 236 g/mol. The van der Waals surface area contributed by atoms with Crippen molar-refractivity contribution in [1.29, 1.82) is 0 Å². The molecule has 3 aromatic rings. The van der Waals surface area contributed by atoms with Crippen molar-refractivity contribution in [2.45, 2.75) is 20.8 Å². The SMILES string of the molecule is Cc1oc2c(C)ccc(C)c2c1-c1ccccc1. The summed E-state index contributed by atoms with van der Waals surface area (Å²) in [6.45, 7) is 6.28. The van der Waals surface area contributed by atoms with E-state index in [0.29, 0.717) is 0 Å². The van der Waals surface area contributed by atoms with Gasteiger partial charge in [0.05, 0.1) is 0 Å². The van der Waals surface area contributed by atoms with E-state index in [1.165, 1.54) is 27.6 Å². The van der Waals surface area contributed by atoms with E-state index in [2.05, 4.69) is 50.2 Å². The second kappa shape index (κ2) is 4.02. The molecule has 0 saturated carbocycles. The highest BCUT2D eigenvalue weighted by atomic mass is 16.3. The van der Waals surface area contributed by atoms with Crippen LogP contribution >= 0.6 is 0 Å². The zero-order valence-electron chi connectivity index (χ0n) is 10.9. The van der Waals surface area contributed by atoms with E-state index < -0.39 is 0 Å². The lowest BCUT2D eigenvalue weighted by Crippen LogP contribution is -1.82. The monoisotopic (exact) mass is 236 g/mol. The summed E-state index contributed by atoms with van der Waals surface area (Å²) < 4.78 is 5.97. The van der Waals surface area contributed by atoms with Crippen molar-refractivity contribution in [1.82, 2.24) is 0 Å². The highest BCUT2D eigenvalue weighted by Crippen LogP contribution is 2.37. The molecule has 2 aromatic carbocycles. The first-order chi connectivity index (χ1) is 8.68. The number of benzene rings is 2. The Morgan fingerprint density at radius 1 is 0.778 bits per heavy atom. The molecule has 0 fully saturated rings. The number of rotatable bonds is 1. The molecule has 18 heavy (non-hydrogen) atoms. The van der Waals surface area contributed by atoms with Gasteiger partial charge < -0.3 is 4.42 Å². The molecule has 0 aliphatic rings. The Labute approximate surface area is 107 Å². The van der Waals surface area contributed by atoms with Crippen molar-refractivity contribution < 1.29 is 4.42 Å². The third kappa shape index (κ3) is 1.55. The molecule has 0 aliphatic heterocycles. The van der Waals surface area contributed by atoms with Crippen molar-refractivity contribution >= 4 is 11.0 Å². The number of hydrogen-bond acceptors (Lipinski definition) is 1. The maximum atomic E-state index is 5.97. The van der Waals surface area contributed by atoms with Crippen LogP contribution in [-0.4, -0.2) is 0 Å². The Morgan fingerprint density at radius 2 is 1.44 bits per heavy atom. The smallest absolute Gasteiger partial charge is 0.138 e. The van der Waals surface area contributed by atoms with E-state index in [1.807, 2.05) is 13.0 Å². The summed E-state index contributed by atoms with van der Waals surface area (Å²) in [5.41, 5.74) is 5.94. The van der Waals surface area contributed by atoms with Gasteiger partial charge in [0.15, 0.2) is 0 Å². The summed E-state index contributed by atoms with van der Waals surface area (Å²) in [4.78, 5) is 0. The average Bonchev–Trinajstić information content (AvgIpc) is 2.74. The van der Waals surface area contributed by atoms with Crippen LogP contribution in [-0.2, 0) is 0 Å². The third-order valence-electron chi connectivity index (χ3n) is 3.48. The summed E-state index contributed by atoms with van der Waals surface area (Å²) in [6, 6.07) is 14.7. The number of hydrogen-bond donors (Lipinski definition) is 0. The van der Waals surface area contributed by atoms with Gasteiger partial charge in [0, 0.05) is 10.9 Å². The molecule has 0 bridgehead atoms. The third-order valence-corrected chi connectivity index (χ3v) is 3.48. The molecule has 0 aliphatic carbocycles. The summed E-state index contributed by atoms with van der Waals surface area (Å²) in [6.07, 6.45) is 0. The van der Waals surface area contributed by atoms with Gasteiger partial charge in [-0.2, -0.15) is 0 Å². The van der Waals surface area contributed by atoms with Crippen molar-refractivity contribution in [3.8, 4) is 11.1 Å². The Kier molecular flexibility index (Phi) is 2.48. The van der Waals surface area contributed by atoms with Crippen molar-refractivity contribution in [2.75, 3.05) is 0 Å². The molecule has 0 radical (unpaired) electrons. The predicted molar refractivity (Wildman–Crippen MR) is 75.9 cm³/mol. The molecule has 0 spiro atoms. The van der Waals surface area contributed by atoms with Crippen LogP contribution in [0.4, 0.5) is 0 Å². The standard InChI is InChI=1S/C17H16O/c1-11-9-10-12(2)17-15(11)16(13(3)18-17)14-7-5-4-6-8-14/h4-10H,1-3H3. The van der Waals surface area contributed by atoms with E-state index in [0.717, 1.165) is 11.3 Å². The lowest BCUT2D eigenvalue weighted by Gasteiger charge is -2.03. The Balaban J connectivity index is 2.43. The van der Waals surface area contributed by atoms with Crippen molar-refractivity contribution in [3.05, 3.63) is 59.4 Å². The lowest BCUT2D eigenvalue weighted by molar-refractivity contribution is 0.578. The topological polar surface area (TPSA) is 13.1 Å².